The number of rotatable bonds is 4. The highest BCUT2D eigenvalue weighted by Crippen LogP contribution is 2.11. The number of pyridine rings is 1. The number of nitrogens with zero attached hydrogens (tertiary/aromatic N) is 1. The van der Waals surface area contributed by atoms with Crippen molar-refractivity contribution in [3.05, 3.63) is 64.8 Å². The quantitative estimate of drug-likeness (QED) is 0.851. The number of hydrogen-bond donors (Lipinski definition) is 2. The zero-order valence-electron chi connectivity index (χ0n) is 10.6. The lowest BCUT2D eigenvalue weighted by atomic mass is 10.2. The molecule has 0 bridgehead atoms. The van der Waals surface area contributed by atoms with E-state index in [4.69, 9.17) is 16.7 Å². The number of carbonyl (C=O) groups excluding carboxylic acids is 1. The summed E-state index contributed by atoms with van der Waals surface area (Å²) in [4.78, 5) is 15.7. The molecular weight excluding hydrogens is 276 g/mol. The van der Waals surface area contributed by atoms with E-state index in [9.17, 15) is 4.79 Å². The van der Waals surface area contributed by atoms with E-state index in [1.165, 1.54) is 12.3 Å². The van der Waals surface area contributed by atoms with E-state index in [1.807, 2.05) is 12.1 Å². The number of aliphatic hydroxyl groups excluding tert-OH is 1. The maximum absolute atomic E-state index is 11.7. The molecule has 2 aromatic rings. The summed E-state index contributed by atoms with van der Waals surface area (Å²) in [5.41, 5.74) is 1.57. The van der Waals surface area contributed by atoms with Gasteiger partial charge in [0.2, 0.25) is 5.91 Å². The summed E-state index contributed by atoms with van der Waals surface area (Å²) in [5, 5.41) is 12.3. The normalized spacial score (nSPS) is 10.7. The average Bonchev–Trinajstić information content (AvgIpc) is 2.47. The molecule has 0 aliphatic heterocycles. The van der Waals surface area contributed by atoms with Crippen molar-refractivity contribution in [2.24, 2.45) is 0 Å². The standard InChI is InChI=1S/C15H13ClN2O2/c16-13-4-1-11(2-5-13)3-6-15(20)18-14-9-12(10-19)7-8-17-14/h1-9,19H,10H2,(H,17,18,20)/b6-3+. The summed E-state index contributed by atoms with van der Waals surface area (Å²) < 4.78 is 0. The summed E-state index contributed by atoms with van der Waals surface area (Å²) in [5.74, 6) is 0.116. The lowest BCUT2D eigenvalue weighted by Crippen LogP contribution is -2.09. The number of hydrogen-bond acceptors (Lipinski definition) is 3. The van der Waals surface area contributed by atoms with Crippen LogP contribution in [-0.2, 0) is 11.4 Å². The number of aromatic nitrogens is 1. The van der Waals surface area contributed by atoms with Crippen LogP contribution in [0.1, 0.15) is 11.1 Å². The molecule has 0 unspecified atom stereocenters. The summed E-state index contributed by atoms with van der Waals surface area (Å²) in [6.45, 7) is -0.0913. The van der Waals surface area contributed by atoms with Gasteiger partial charge in [0, 0.05) is 17.3 Å². The maximum Gasteiger partial charge on any atom is 0.249 e. The van der Waals surface area contributed by atoms with Crippen molar-refractivity contribution in [1.82, 2.24) is 4.98 Å². The van der Waals surface area contributed by atoms with Gasteiger partial charge in [0.05, 0.1) is 6.61 Å². The van der Waals surface area contributed by atoms with Crippen molar-refractivity contribution < 1.29 is 9.90 Å². The van der Waals surface area contributed by atoms with Gasteiger partial charge in [-0.25, -0.2) is 4.98 Å². The van der Waals surface area contributed by atoms with Crippen molar-refractivity contribution in [3.63, 3.8) is 0 Å². The van der Waals surface area contributed by atoms with E-state index >= 15 is 0 Å². The Morgan fingerprint density at radius 2 is 2.05 bits per heavy atom. The Hall–Kier alpha value is -2.17. The average molecular weight is 289 g/mol. The Labute approximate surface area is 121 Å². The van der Waals surface area contributed by atoms with Crippen LogP contribution in [0.4, 0.5) is 5.82 Å². The Morgan fingerprint density at radius 1 is 1.30 bits per heavy atom. The molecule has 0 saturated heterocycles. The second-order valence-electron chi connectivity index (χ2n) is 4.08. The molecule has 5 heteroatoms. The third-order valence-electron chi connectivity index (χ3n) is 2.56. The first-order chi connectivity index (χ1) is 9.67. The molecule has 0 aliphatic carbocycles. The van der Waals surface area contributed by atoms with Crippen molar-refractivity contribution >= 4 is 29.4 Å². The zero-order chi connectivity index (χ0) is 14.4. The summed E-state index contributed by atoms with van der Waals surface area (Å²) >= 11 is 5.78. The van der Waals surface area contributed by atoms with Crippen molar-refractivity contribution in [1.29, 1.82) is 0 Å². The van der Waals surface area contributed by atoms with Crippen LogP contribution in [0.5, 0.6) is 0 Å². The molecule has 0 spiro atoms. The number of halogens is 1. The first-order valence-electron chi connectivity index (χ1n) is 5.98. The van der Waals surface area contributed by atoms with Gasteiger partial charge >= 0.3 is 0 Å². The van der Waals surface area contributed by atoms with Crippen LogP contribution in [0.25, 0.3) is 6.08 Å². The van der Waals surface area contributed by atoms with Gasteiger partial charge in [-0.05, 0) is 41.5 Å². The van der Waals surface area contributed by atoms with Gasteiger partial charge in [0.1, 0.15) is 5.82 Å². The molecule has 20 heavy (non-hydrogen) atoms. The maximum atomic E-state index is 11.7. The van der Waals surface area contributed by atoms with Crippen LogP contribution < -0.4 is 5.32 Å². The van der Waals surface area contributed by atoms with Gasteiger partial charge in [-0.2, -0.15) is 0 Å². The number of nitrogens with one attached hydrogen (secondary N) is 1. The van der Waals surface area contributed by atoms with Gasteiger partial charge in [-0.1, -0.05) is 23.7 Å². The number of benzene rings is 1. The first kappa shape index (κ1) is 14.2. The zero-order valence-corrected chi connectivity index (χ0v) is 11.3. The minimum Gasteiger partial charge on any atom is -0.392 e. The summed E-state index contributed by atoms with van der Waals surface area (Å²) in [7, 11) is 0. The van der Waals surface area contributed by atoms with Gasteiger partial charge in [0.25, 0.3) is 0 Å². The third kappa shape index (κ3) is 4.19. The van der Waals surface area contributed by atoms with Crippen LogP contribution >= 0.6 is 11.6 Å². The first-order valence-corrected chi connectivity index (χ1v) is 6.35. The molecule has 102 valence electrons. The minimum atomic E-state index is -0.289. The van der Waals surface area contributed by atoms with E-state index in [0.29, 0.717) is 16.4 Å². The molecule has 1 aromatic carbocycles. The Bertz CT molecular complexity index is 624. The highest BCUT2D eigenvalue weighted by molar-refractivity contribution is 6.30. The van der Waals surface area contributed by atoms with Gasteiger partial charge in [0.15, 0.2) is 0 Å². The fourth-order valence-electron chi connectivity index (χ4n) is 1.55. The predicted molar refractivity (Wildman–Crippen MR) is 79.3 cm³/mol. The molecule has 0 saturated carbocycles. The molecule has 1 aromatic heterocycles. The van der Waals surface area contributed by atoms with Crippen LogP contribution in [0.2, 0.25) is 5.02 Å². The Kier molecular flexibility index (Phi) is 4.87. The minimum absolute atomic E-state index is 0.0913. The lowest BCUT2D eigenvalue weighted by Gasteiger charge is -2.02. The fourth-order valence-corrected chi connectivity index (χ4v) is 1.68. The Morgan fingerprint density at radius 3 is 2.75 bits per heavy atom. The van der Waals surface area contributed by atoms with Crippen molar-refractivity contribution in [2.45, 2.75) is 6.61 Å². The van der Waals surface area contributed by atoms with Crippen LogP contribution in [0.3, 0.4) is 0 Å². The predicted octanol–water partition coefficient (Wildman–Crippen LogP) is 2.88. The Balaban J connectivity index is 1.99. The molecule has 4 nitrogen and oxygen atoms in total. The molecule has 0 radical (unpaired) electrons. The third-order valence-corrected chi connectivity index (χ3v) is 2.81. The lowest BCUT2D eigenvalue weighted by molar-refractivity contribution is -0.111. The highest BCUT2D eigenvalue weighted by Gasteiger charge is 2.00. The number of anilines is 1. The van der Waals surface area contributed by atoms with E-state index in [1.54, 1.807) is 30.3 Å². The number of carbonyl (C=O) groups is 1. The molecule has 1 heterocycles. The monoisotopic (exact) mass is 288 g/mol. The second-order valence-corrected chi connectivity index (χ2v) is 4.52. The molecule has 2 rings (SSSR count). The van der Waals surface area contributed by atoms with Gasteiger partial charge in [-0.3, -0.25) is 4.79 Å². The fraction of sp³-hybridized carbons (Fsp3) is 0.0667. The molecular formula is C15H13ClN2O2. The topological polar surface area (TPSA) is 62.2 Å². The van der Waals surface area contributed by atoms with Crippen LogP contribution in [0.15, 0.2) is 48.7 Å². The van der Waals surface area contributed by atoms with Crippen LogP contribution in [0, 0.1) is 0 Å². The van der Waals surface area contributed by atoms with Crippen LogP contribution in [-0.4, -0.2) is 16.0 Å². The second kappa shape index (κ2) is 6.84. The molecule has 0 atom stereocenters. The number of aliphatic hydroxyl groups is 1. The van der Waals surface area contributed by atoms with Gasteiger partial charge in [-0.15, -0.1) is 0 Å². The van der Waals surface area contributed by atoms with E-state index in [0.717, 1.165) is 5.56 Å². The van der Waals surface area contributed by atoms with Gasteiger partial charge < -0.3 is 10.4 Å². The highest BCUT2D eigenvalue weighted by atomic mass is 35.5. The molecule has 1 amide bonds. The SMILES string of the molecule is O=C(/C=C/c1ccc(Cl)cc1)Nc1cc(CO)ccn1. The summed E-state index contributed by atoms with van der Waals surface area (Å²) in [6, 6.07) is 10.4. The summed E-state index contributed by atoms with van der Waals surface area (Å²) in [6.07, 6.45) is 4.63. The smallest absolute Gasteiger partial charge is 0.249 e. The van der Waals surface area contributed by atoms with Crippen molar-refractivity contribution in [2.75, 3.05) is 5.32 Å². The number of amides is 1. The van der Waals surface area contributed by atoms with E-state index in [2.05, 4.69) is 10.3 Å². The van der Waals surface area contributed by atoms with E-state index in [-0.39, 0.29) is 12.5 Å². The molecule has 0 fully saturated rings. The molecule has 0 aliphatic rings. The molecule has 2 N–H and O–H groups in total. The van der Waals surface area contributed by atoms with Crippen molar-refractivity contribution in [3.8, 4) is 0 Å². The van der Waals surface area contributed by atoms with E-state index < -0.39 is 0 Å². The largest absolute Gasteiger partial charge is 0.392 e.